The quantitative estimate of drug-likeness (QED) is 0.339. The number of benzene rings is 2. The van der Waals surface area contributed by atoms with Crippen LogP contribution in [-0.4, -0.2) is 0 Å². The van der Waals surface area contributed by atoms with Gasteiger partial charge in [-0.05, 0) is 97.4 Å². The molecule has 0 saturated heterocycles. The van der Waals surface area contributed by atoms with Crippen molar-refractivity contribution in [1.82, 2.24) is 0 Å². The minimum Gasteiger partial charge on any atom is -0.205 e. The molecule has 4 rings (SSSR count). The Morgan fingerprint density at radius 2 is 1.55 bits per heavy atom. The SMILES string of the molecule is C=CCCC1CCC2CC(c3ccc(-c4cc(F)c(Cl)c(F)c4)cc3)CCC2C1. The van der Waals surface area contributed by atoms with Crippen molar-refractivity contribution < 1.29 is 8.78 Å². The van der Waals surface area contributed by atoms with Gasteiger partial charge < -0.3 is 0 Å². The van der Waals surface area contributed by atoms with Crippen LogP contribution in [0.15, 0.2) is 49.1 Å². The highest BCUT2D eigenvalue weighted by Crippen LogP contribution is 2.48. The Morgan fingerprint density at radius 3 is 2.24 bits per heavy atom. The first-order valence-corrected chi connectivity index (χ1v) is 11.3. The Labute approximate surface area is 178 Å². The molecule has 0 aliphatic heterocycles. The van der Waals surface area contributed by atoms with E-state index < -0.39 is 16.7 Å². The van der Waals surface area contributed by atoms with Crippen LogP contribution in [0.1, 0.15) is 62.8 Å². The maximum Gasteiger partial charge on any atom is 0.145 e. The van der Waals surface area contributed by atoms with E-state index in [4.69, 9.17) is 11.6 Å². The van der Waals surface area contributed by atoms with Crippen LogP contribution >= 0.6 is 11.6 Å². The van der Waals surface area contributed by atoms with Gasteiger partial charge in [0, 0.05) is 0 Å². The molecule has 4 atom stereocenters. The number of allylic oxidation sites excluding steroid dienone is 1. The summed E-state index contributed by atoms with van der Waals surface area (Å²) in [5.74, 6) is 1.82. The lowest BCUT2D eigenvalue weighted by Crippen LogP contribution is -2.30. The fourth-order valence-electron chi connectivity index (χ4n) is 5.57. The van der Waals surface area contributed by atoms with E-state index in [1.54, 1.807) is 0 Å². The Kier molecular flexibility index (Phi) is 6.39. The highest BCUT2D eigenvalue weighted by molar-refractivity contribution is 6.31. The number of fused-ring (bicyclic) bond motifs is 1. The first-order valence-electron chi connectivity index (χ1n) is 10.9. The molecule has 4 unspecified atom stereocenters. The first-order chi connectivity index (χ1) is 14.0. The first kappa shape index (κ1) is 20.6. The molecule has 2 aliphatic carbocycles. The average molecular weight is 415 g/mol. The zero-order chi connectivity index (χ0) is 20.4. The molecule has 0 radical (unpaired) electrons. The van der Waals surface area contributed by atoms with Crippen molar-refractivity contribution in [3.63, 3.8) is 0 Å². The summed E-state index contributed by atoms with van der Waals surface area (Å²) in [6.07, 6.45) is 12.5. The van der Waals surface area contributed by atoms with Gasteiger partial charge in [0.2, 0.25) is 0 Å². The molecule has 0 heterocycles. The van der Waals surface area contributed by atoms with Gasteiger partial charge in [0.1, 0.15) is 16.7 Å². The van der Waals surface area contributed by atoms with Gasteiger partial charge in [-0.25, -0.2) is 8.78 Å². The normalized spacial score (nSPS) is 26.7. The fraction of sp³-hybridized carbons (Fsp3) is 0.462. The Morgan fingerprint density at radius 1 is 0.897 bits per heavy atom. The van der Waals surface area contributed by atoms with Crippen LogP contribution in [0.5, 0.6) is 0 Å². The molecule has 2 fully saturated rings. The smallest absolute Gasteiger partial charge is 0.145 e. The van der Waals surface area contributed by atoms with Gasteiger partial charge in [-0.1, -0.05) is 48.4 Å². The average Bonchev–Trinajstić information content (AvgIpc) is 2.75. The third-order valence-electron chi connectivity index (χ3n) is 7.20. The molecule has 2 aromatic rings. The lowest BCUT2D eigenvalue weighted by atomic mass is 9.63. The van der Waals surface area contributed by atoms with Crippen molar-refractivity contribution >= 4 is 11.6 Å². The molecule has 154 valence electrons. The molecular formula is C26H29ClF2. The monoisotopic (exact) mass is 414 g/mol. The van der Waals surface area contributed by atoms with Crippen molar-refractivity contribution in [1.29, 1.82) is 0 Å². The van der Waals surface area contributed by atoms with Crippen molar-refractivity contribution in [2.75, 3.05) is 0 Å². The maximum absolute atomic E-state index is 13.8. The molecule has 0 spiro atoms. The summed E-state index contributed by atoms with van der Waals surface area (Å²) in [7, 11) is 0. The maximum atomic E-state index is 13.8. The standard InChI is InChI=1S/C26H29ClF2/c1-2-3-4-17-5-6-22-14-21(12-11-20(22)13-17)18-7-9-19(10-8-18)23-15-24(28)26(27)25(29)16-23/h2,7-10,15-17,20-22H,1,3-6,11-14H2. The van der Waals surface area contributed by atoms with Gasteiger partial charge in [-0.15, -0.1) is 6.58 Å². The van der Waals surface area contributed by atoms with Crippen LogP contribution in [0.25, 0.3) is 11.1 Å². The van der Waals surface area contributed by atoms with E-state index in [9.17, 15) is 8.78 Å². The van der Waals surface area contributed by atoms with Crippen molar-refractivity contribution in [3.8, 4) is 11.1 Å². The second-order valence-electron chi connectivity index (χ2n) is 8.95. The van der Waals surface area contributed by atoms with E-state index in [-0.39, 0.29) is 0 Å². The summed E-state index contributed by atoms with van der Waals surface area (Å²) in [4.78, 5) is 0. The third kappa shape index (κ3) is 4.58. The lowest BCUT2D eigenvalue weighted by molar-refractivity contribution is 0.115. The molecule has 2 aliphatic rings. The van der Waals surface area contributed by atoms with Crippen LogP contribution in [-0.2, 0) is 0 Å². The Hall–Kier alpha value is -1.67. The molecule has 2 saturated carbocycles. The summed E-state index contributed by atoms with van der Waals surface area (Å²) in [5.41, 5.74) is 2.70. The lowest BCUT2D eigenvalue weighted by Gasteiger charge is -2.42. The molecule has 3 heteroatoms. The van der Waals surface area contributed by atoms with Gasteiger partial charge in [0.25, 0.3) is 0 Å². The molecule has 29 heavy (non-hydrogen) atoms. The summed E-state index contributed by atoms with van der Waals surface area (Å²) < 4.78 is 27.5. The van der Waals surface area contributed by atoms with E-state index in [2.05, 4.69) is 24.8 Å². The molecule has 0 amide bonds. The van der Waals surface area contributed by atoms with E-state index >= 15 is 0 Å². The number of rotatable bonds is 5. The zero-order valence-electron chi connectivity index (χ0n) is 16.8. The molecule has 2 aromatic carbocycles. The van der Waals surface area contributed by atoms with Crippen molar-refractivity contribution in [2.45, 2.75) is 57.3 Å². The Balaban J connectivity index is 1.41. The van der Waals surface area contributed by atoms with Crippen LogP contribution in [0.4, 0.5) is 8.78 Å². The summed E-state index contributed by atoms with van der Waals surface area (Å²) in [6.45, 7) is 3.86. The summed E-state index contributed by atoms with van der Waals surface area (Å²) in [5, 5.41) is -0.443. The molecular weight excluding hydrogens is 386 g/mol. The highest BCUT2D eigenvalue weighted by atomic mass is 35.5. The van der Waals surface area contributed by atoms with Gasteiger partial charge in [-0.2, -0.15) is 0 Å². The summed E-state index contributed by atoms with van der Waals surface area (Å²) in [6, 6.07) is 10.8. The topological polar surface area (TPSA) is 0 Å². The molecule has 0 nitrogen and oxygen atoms in total. The zero-order valence-corrected chi connectivity index (χ0v) is 17.6. The number of hydrogen-bond acceptors (Lipinski definition) is 0. The predicted molar refractivity (Wildman–Crippen MR) is 117 cm³/mol. The largest absolute Gasteiger partial charge is 0.205 e. The van der Waals surface area contributed by atoms with Gasteiger partial charge >= 0.3 is 0 Å². The van der Waals surface area contributed by atoms with E-state index in [1.807, 2.05) is 12.1 Å². The van der Waals surface area contributed by atoms with Crippen molar-refractivity contribution in [3.05, 3.63) is 71.3 Å². The Bertz CT molecular complexity index is 835. The molecule has 0 aromatic heterocycles. The van der Waals surface area contributed by atoms with Crippen LogP contribution in [0.3, 0.4) is 0 Å². The van der Waals surface area contributed by atoms with Crippen LogP contribution < -0.4 is 0 Å². The molecule has 0 bridgehead atoms. The minimum absolute atomic E-state index is 0.443. The van der Waals surface area contributed by atoms with E-state index in [0.29, 0.717) is 11.5 Å². The second kappa shape index (κ2) is 9.00. The van der Waals surface area contributed by atoms with E-state index in [0.717, 1.165) is 29.7 Å². The van der Waals surface area contributed by atoms with Crippen LogP contribution in [0.2, 0.25) is 5.02 Å². The fourth-order valence-corrected chi connectivity index (χ4v) is 5.68. The van der Waals surface area contributed by atoms with Crippen molar-refractivity contribution in [2.24, 2.45) is 17.8 Å². The van der Waals surface area contributed by atoms with Gasteiger partial charge in [0.15, 0.2) is 0 Å². The minimum atomic E-state index is -0.715. The number of halogens is 3. The van der Waals surface area contributed by atoms with Gasteiger partial charge in [0.05, 0.1) is 0 Å². The second-order valence-corrected chi connectivity index (χ2v) is 9.33. The third-order valence-corrected chi connectivity index (χ3v) is 7.56. The van der Waals surface area contributed by atoms with E-state index in [1.165, 1.54) is 62.6 Å². The van der Waals surface area contributed by atoms with Gasteiger partial charge in [-0.3, -0.25) is 0 Å². The highest BCUT2D eigenvalue weighted by Gasteiger charge is 2.35. The predicted octanol–water partition coefficient (Wildman–Crippen LogP) is 8.55. The molecule has 0 N–H and O–H groups in total. The number of hydrogen-bond donors (Lipinski definition) is 0. The van der Waals surface area contributed by atoms with Crippen LogP contribution in [0, 0.1) is 29.4 Å². The summed E-state index contributed by atoms with van der Waals surface area (Å²) >= 11 is 5.60.